The van der Waals surface area contributed by atoms with E-state index in [4.69, 9.17) is 0 Å². The molecule has 2 heterocycles. The Labute approximate surface area is 115 Å². The van der Waals surface area contributed by atoms with Crippen LogP contribution in [-0.2, 0) is 19.9 Å². The Morgan fingerprint density at radius 3 is 2.53 bits per heavy atom. The van der Waals surface area contributed by atoms with E-state index >= 15 is 0 Å². The molecule has 2 aromatic rings. The first-order chi connectivity index (χ1) is 9.21. The monoisotopic (exact) mass is 275 g/mol. The van der Waals surface area contributed by atoms with Crippen LogP contribution in [0.5, 0.6) is 0 Å². The van der Waals surface area contributed by atoms with Gasteiger partial charge in [-0.25, -0.2) is 4.68 Å². The van der Waals surface area contributed by atoms with Gasteiger partial charge in [0.2, 0.25) is 5.16 Å². The van der Waals surface area contributed by atoms with Gasteiger partial charge < -0.3 is 0 Å². The Hall–Kier alpha value is -2.01. The van der Waals surface area contributed by atoms with Crippen molar-refractivity contribution in [2.24, 2.45) is 7.05 Å². The second-order valence-corrected chi connectivity index (χ2v) is 4.77. The van der Waals surface area contributed by atoms with Crippen LogP contribution in [0, 0.1) is 11.3 Å². The second kappa shape index (κ2) is 5.75. The van der Waals surface area contributed by atoms with Gasteiger partial charge >= 0.3 is 0 Å². The Morgan fingerprint density at radius 2 is 2.00 bits per heavy atom. The molecule has 2 aromatic heterocycles. The van der Waals surface area contributed by atoms with Crippen LogP contribution in [-0.4, -0.2) is 30.4 Å². The summed E-state index contributed by atoms with van der Waals surface area (Å²) >= 11 is 1.25. The summed E-state index contributed by atoms with van der Waals surface area (Å²) in [6.07, 6.45) is 1.52. The highest BCUT2D eigenvalue weighted by Crippen LogP contribution is 2.28. The maximum absolute atomic E-state index is 9.36. The lowest BCUT2D eigenvalue weighted by Crippen LogP contribution is -2.05. The first kappa shape index (κ1) is 13.4. The van der Waals surface area contributed by atoms with Crippen LogP contribution < -0.4 is 0 Å². The highest BCUT2D eigenvalue weighted by atomic mass is 32.2. The Morgan fingerprint density at radius 1 is 1.21 bits per heavy atom. The van der Waals surface area contributed by atoms with Gasteiger partial charge in [0.25, 0.3) is 0 Å². The number of tetrazole rings is 1. The van der Waals surface area contributed by atoms with Crippen LogP contribution in [0.25, 0.3) is 0 Å². The molecule has 0 aliphatic rings. The molecule has 0 aliphatic heterocycles. The third-order valence-corrected chi connectivity index (χ3v) is 3.70. The third-order valence-electron chi connectivity index (χ3n) is 2.69. The lowest BCUT2D eigenvalue weighted by molar-refractivity contribution is 0.663. The van der Waals surface area contributed by atoms with Crippen LogP contribution in [0.3, 0.4) is 0 Å². The summed E-state index contributed by atoms with van der Waals surface area (Å²) < 4.78 is 1.53. The largest absolute Gasteiger partial charge is 0.223 e. The first-order valence-electron chi connectivity index (χ1n) is 5.89. The van der Waals surface area contributed by atoms with Crippen molar-refractivity contribution in [1.82, 2.24) is 30.4 Å². The molecule has 7 nitrogen and oxygen atoms in total. The Balaban J connectivity index is 2.47. The Kier molecular flexibility index (Phi) is 4.06. The van der Waals surface area contributed by atoms with Crippen molar-refractivity contribution in [3.05, 3.63) is 16.8 Å². The lowest BCUT2D eigenvalue weighted by atomic mass is 10.1. The van der Waals surface area contributed by atoms with Crippen molar-refractivity contribution in [3.8, 4) is 6.07 Å². The van der Waals surface area contributed by atoms with Crippen molar-refractivity contribution in [2.75, 3.05) is 0 Å². The Bertz CT molecular complexity index is 628. The maximum Gasteiger partial charge on any atom is 0.215 e. The van der Waals surface area contributed by atoms with E-state index in [1.54, 1.807) is 7.05 Å². The topological polar surface area (TPSA) is 93.2 Å². The molecule has 0 aromatic carbocycles. The minimum atomic E-state index is 0.550. The molecule has 8 heteroatoms. The number of aromatic nitrogens is 6. The molecule has 0 N–H and O–H groups in total. The zero-order chi connectivity index (χ0) is 13.8. The van der Waals surface area contributed by atoms with E-state index in [-0.39, 0.29) is 0 Å². The summed E-state index contributed by atoms with van der Waals surface area (Å²) in [6.45, 7) is 4.01. The van der Waals surface area contributed by atoms with Gasteiger partial charge in [0, 0.05) is 7.05 Å². The zero-order valence-corrected chi connectivity index (χ0v) is 11.8. The van der Waals surface area contributed by atoms with Gasteiger partial charge in [0.1, 0.15) is 11.1 Å². The molecule has 2 rings (SSSR count). The molecule has 0 atom stereocenters. The summed E-state index contributed by atoms with van der Waals surface area (Å²) in [6, 6.07) is 2.22. The van der Waals surface area contributed by atoms with Gasteiger partial charge in [-0.3, -0.25) is 0 Å². The fourth-order valence-corrected chi connectivity index (χ4v) is 2.51. The number of nitrogens with zero attached hydrogens (tertiary/aromatic N) is 7. The minimum absolute atomic E-state index is 0.550. The molecule has 0 fully saturated rings. The molecule has 0 saturated heterocycles. The summed E-state index contributed by atoms with van der Waals surface area (Å²) in [7, 11) is 1.74. The van der Waals surface area contributed by atoms with E-state index in [9.17, 15) is 5.26 Å². The van der Waals surface area contributed by atoms with Crippen molar-refractivity contribution >= 4 is 11.8 Å². The standard InChI is InChI=1S/C11H13N7S/c1-4-7-8(6-12)10(14-13-9(7)5-2)19-11-15-16-17-18(11)3/h4-5H2,1-3H3. The molecule has 0 amide bonds. The van der Waals surface area contributed by atoms with E-state index in [1.807, 2.05) is 13.8 Å². The predicted molar refractivity (Wildman–Crippen MR) is 68.4 cm³/mol. The van der Waals surface area contributed by atoms with Crippen molar-refractivity contribution in [3.63, 3.8) is 0 Å². The molecule has 0 spiro atoms. The fraction of sp³-hybridized carbons (Fsp3) is 0.455. The lowest BCUT2D eigenvalue weighted by Gasteiger charge is -2.09. The van der Waals surface area contributed by atoms with Gasteiger partial charge in [-0.05, 0) is 40.6 Å². The average molecular weight is 275 g/mol. The summed E-state index contributed by atoms with van der Waals surface area (Å²) in [4.78, 5) is 0. The van der Waals surface area contributed by atoms with Gasteiger partial charge in [0.05, 0.1) is 11.3 Å². The first-order valence-corrected chi connectivity index (χ1v) is 6.71. The van der Waals surface area contributed by atoms with E-state index in [1.165, 1.54) is 16.4 Å². The molecular weight excluding hydrogens is 262 g/mol. The molecule has 98 valence electrons. The average Bonchev–Trinajstić information content (AvgIpc) is 2.83. The number of aryl methyl sites for hydroxylation is 2. The number of nitriles is 1. The number of hydrogen-bond donors (Lipinski definition) is 0. The molecule has 0 bridgehead atoms. The fourth-order valence-electron chi connectivity index (χ4n) is 1.74. The summed E-state index contributed by atoms with van der Waals surface area (Å²) in [5.74, 6) is 0. The number of hydrogen-bond acceptors (Lipinski definition) is 7. The quantitative estimate of drug-likeness (QED) is 0.826. The van der Waals surface area contributed by atoms with Crippen LogP contribution >= 0.6 is 11.8 Å². The highest BCUT2D eigenvalue weighted by Gasteiger charge is 2.17. The van der Waals surface area contributed by atoms with Crippen molar-refractivity contribution in [1.29, 1.82) is 5.26 Å². The molecular formula is C11H13N7S. The molecule has 0 aliphatic carbocycles. The summed E-state index contributed by atoms with van der Waals surface area (Å²) in [5.41, 5.74) is 2.40. The van der Waals surface area contributed by atoms with Gasteiger partial charge in [-0.15, -0.1) is 10.2 Å². The third kappa shape index (κ3) is 2.56. The minimum Gasteiger partial charge on any atom is -0.223 e. The van der Waals surface area contributed by atoms with E-state index < -0.39 is 0 Å². The van der Waals surface area contributed by atoms with Crippen LogP contribution in [0.4, 0.5) is 0 Å². The molecule has 0 unspecified atom stereocenters. The molecule has 0 saturated carbocycles. The van der Waals surface area contributed by atoms with Crippen LogP contribution in [0.2, 0.25) is 0 Å². The van der Waals surface area contributed by atoms with Gasteiger partial charge in [-0.2, -0.15) is 10.4 Å². The molecule has 0 radical (unpaired) electrons. The smallest absolute Gasteiger partial charge is 0.215 e. The zero-order valence-electron chi connectivity index (χ0n) is 11.0. The van der Waals surface area contributed by atoms with Gasteiger partial charge in [0.15, 0.2) is 0 Å². The normalized spacial score (nSPS) is 10.4. The summed E-state index contributed by atoms with van der Waals surface area (Å²) in [5, 5.41) is 30.0. The van der Waals surface area contributed by atoms with Crippen LogP contribution in [0.1, 0.15) is 30.7 Å². The van der Waals surface area contributed by atoms with Crippen LogP contribution in [0.15, 0.2) is 10.2 Å². The number of rotatable bonds is 4. The van der Waals surface area contributed by atoms with E-state index in [0.29, 0.717) is 15.7 Å². The van der Waals surface area contributed by atoms with Crippen molar-refractivity contribution in [2.45, 2.75) is 36.9 Å². The van der Waals surface area contributed by atoms with Crippen molar-refractivity contribution < 1.29 is 0 Å². The SMILES string of the molecule is CCc1nnc(Sc2nnnn2C)c(C#N)c1CC. The highest BCUT2D eigenvalue weighted by molar-refractivity contribution is 7.99. The van der Waals surface area contributed by atoms with E-state index in [0.717, 1.165) is 24.1 Å². The predicted octanol–water partition coefficient (Wildman–Crippen LogP) is 1.15. The maximum atomic E-state index is 9.36. The molecule has 19 heavy (non-hydrogen) atoms. The second-order valence-electron chi connectivity index (χ2n) is 3.81. The van der Waals surface area contributed by atoms with E-state index in [2.05, 4.69) is 31.8 Å². The van der Waals surface area contributed by atoms with Gasteiger partial charge in [-0.1, -0.05) is 13.8 Å².